The van der Waals surface area contributed by atoms with Crippen LogP contribution in [0.15, 0.2) is 47.4 Å². The number of benzene rings is 2. The normalized spacial score (nSPS) is 17.9. The van der Waals surface area contributed by atoms with Gasteiger partial charge in [-0.3, -0.25) is 4.72 Å². The average Bonchev–Trinajstić information content (AvgIpc) is 3.23. The summed E-state index contributed by atoms with van der Waals surface area (Å²) in [7, 11) is -3.62. The van der Waals surface area contributed by atoms with Gasteiger partial charge in [-0.2, -0.15) is 0 Å². The maximum atomic E-state index is 13.0. The summed E-state index contributed by atoms with van der Waals surface area (Å²) >= 11 is 0. The molecule has 1 heterocycles. The molecule has 1 saturated carbocycles. The Kier molecular flexibility index (Phi) is 6.64. The molecule has 3 N–H and O–H groups in total. The fourth-order valence-electron chi connectivity index (χ4n) is 4.73. The second kappa shape index (κ2) is 9.40. The van der Waals surface area contributed by atoms with Gasteiger partial charge < -0.3 is 10.6 Å². The molecule has 6 heteroatoms. The maximum absolute atomic E-state index is 13.0. The summed E-state index contributed by atoms with van der Waals surface area (Å²) in [6.07, 6.45) is 7.64. The molecule has 5 nitrogen and oxygen atoms in total. The lowest BCUT2D eigenvalue weighted by molar-refractivity contribution is 0.256. The van der Waals surface area contributed by atoms with Crippen LogP contribution >= 0.6 is 0 Å². The SMILES string of the molecule is CC(CNCc1ccccc1NS(=O)(=O)c1ccc2c(c1)CCN2)C1CCCCC1. The lowest BCUT2D eigenvalue weighted by atomic mass is 9.81. The van der Waals surface area contributed by atoms with Crippen molar-refractivity contribution in [2.75, 3.05) is 23.1 Å². The van der Waals surface area contributed by atoms with Crippen LogP contribution in [0.3, 0.4) is 0 Å². The zero-order valence-corrected chi connectivity index (χ0v) is 18.6. The van der Waals surface area contributed by atoms with E-state index in [4.69, 9.17) is 0 Å². The monoisotopic (exact) mass is 427 g/mol. The van der Waals surface area contributed by atoms with Gasteiger partial charge in [-0.15, -0.1) is 0 Å². The Hall–Kier alpha value is -2.05. The molecule has 0 spiro atoms. The Bertz CT molecular complexity index is 968. The molecular weight excluding hydrogens is 394 g/mol. The third-order valence-electron chi connectivity index (χ3n) is 6.59. The van der Waals surface area contributed by atoms with Crippen molar-refractivity contribution < 1.29 is 8.42 Å². The Morgan fingerprint density at radius 1 is 1.10 bits per heavy atom. The highest BCUT2D eigenvalue weighted by atomic mass is 32.2. The van der Waals surface area contributed by atoms with Crippen LogP contribution in [0.5, 0.6) is 0 Å². The first-order valence-corrected chi connectivity index (χ1v) is 12.7. The summed E-state index contributed by atoms with van der Waals surface area (Å²) in [6, 6.07) is 13.0. The Balaban J connectivity index is 1.40. The molecule has 2 aliphatic rings. The molecule has 30 heavy (non-hydrogen) atoms. The minimum atomic E-state index is -3.62. The predicted octanol–water partition coefficient (Wildman–Crippen LogP) is 4.76. The minimum absolute atomic E-state index is 0.318. The van der Waals surface area contributed by atoms with E-state index in [-0.39, 0.29) is 0 Å². The van der Waals surface area contributed by atoms with Crippen LogP contribution in [-0.4, -0.2) is 21.5 Å². The van der Waals surface area contributed by atoms with Crippen molar-refractivity contribution in [3.8, 4) is 0 Å². The lowest BCUT2D eigenvalue weighted by Gasteiger charge is -2.28. The number of nitrogens with one attached hydrogen (secondary N) is 3. The molecule has 0 aromatic heterocycles. The molecule has 4 rings (SSSR count). The Labute approximate surface area is 180 Å². The number of anilines is 2. The van der Waals surface area contributed by atoms with E-state index >= 15 is 0 Å². The van der Waals surface area contributed by atoms with Gasteiger partial charge in [0.05, 0.1) is 10.6 Å². The highest BCUT2D eigenvalue weighted by Gasteiger charge is 2.21. The van der Waals surface area contributed by atoms with Gasteiger partial charge in [0.15, 0.2) is 0 Å². The van der Waals surface area contributed by atoms with E-state index in [1.54, 1.807) is 12.1 Å². The molecule has 2 aromatic rings. The third kappa shape index (κ3) is 4.98. The van der Waals surface area contributed by atoms with Crippen LogP contribution in [0, 0.1) is 11.8 Å². The van der Waals surface area contributed by atoms with E-state index in [1.165, 1.54) is 32.1 Å². The fraction of sp³-hybridized carbons (Fsp3) is 0.500. The van der Waals surface area contributed by atoms with E-state index in [1.807, 2.05) is 30.3 Å². The molecule has 1 atom stereocenters. The van der Waals surface area contributed by atoms with Crippen LogP contribution < -0.4 is 15.4 Å². The zero-order chi connectivity index (χ0) is 21.0. The van der Waals surface area contributed by atoms with E-state index in [9.17, 15) is 8.42 Å². The number of sulfonamides is 1. The second-order valence-corrected chi connectivity index (χ2v) is 10.4. The molecule has 1 aliphatic carbocycles. The molecule has 2 aromatic carbocycles. The summed E-state index contributed by atoms with van der Waals surface area (Å²) in [6.45, 7) is 4.81. The summed E-state index contributed by atoms with van der Waals surface area (Å²) in [5.74, 6) is 1.46. The third-order valence-corrected chi connectivity index (χ3v) is 7.96. The fourth-order valence-corrected chi connectivity index (χ4v) is 5.88. The molecule has 1 aliphatic heterocycles. The minimum Gasteiger partial charge on any atom is -0.384 e. The van der Waals surface area contributed by atoms with Gasteiger partial charge in [0.25, 0.3) is 10.0 Å². The van der Waals surface area contributed by atoms with Crippen LogP contribution in [-0.2, 0) is 23.0 Å². The van der Waals surface area contributed by atoms with Crippen LogP contribution in [0.2, 0.25) is 0 Å². The number of fused-ring (bicyclic) bond motifs is 1. The highest BCUT2D eigenvalue weighted by molar-refractivity contribution is 7.92. The first-order chi connectivity index (χ1) is 14.5. The molecule has 0 radical (unpaired) electrons. The second-order valence-electron chi connectivity index (χ2n) is 8.76. The standard InChI is InChI=1S/C24H33N3O2S/c1-18(19-7-3-2-4-8-19)16-25-17-21-9-5-6-10-24(21)27-30(28,29)22-11-12-23-20(15-22)13-14-26-23/h5-6,9-12,15,18-19,25-27H,2-4,7-8,13-14,16-17H2,1H3. The average molecular weight is 428 g/mol. The Morgan fingerprint density at radius 3 is 2.73 bits per heavy atom. The van der Waals surface area contributed by atoms with E-state index in [0.717, 1.165) is 42.2 Å². The summed E-state index contributed by atoms with van der Waals surface area (Å²) in [5, 5.41) is 6.83. The lowest BCUT2D eigenvalue weighted by Crippen LogP contribution is -2.27. The van der Waals surface area contributed by atoms with Gasteiger partial charge in [0, 0.05) is 18.8 Å². The van der Waals surface area contributed by atoms with Gasteiger partial charge in [-0.1, -0.05) is 57.2 Å². The van der Waals surface area contributed by atoms with Gasteiger partial charge in [0.1, 0.15) is 0 Å². The van der Waals surface area contributed by atoms with Crippen LogP contribution in [0.25, 0.3) is 0 Å². The van der Waals surface area contributed by atoms with Crippen molar-refractivity contribution in [1.29, 1.82) is 0 Å². The summed E-state index contributed by atoms with van der Waals surface area (Å²) in [4.78, 5) is 0.318. The van der Waals surface area contributed by atoms with E-state index < -0.39 is 10.0 Å². The predicted molar refractivity (Wildman–Crippen MR) is 123 cm³/mol. The molecular formula is C24H33N3O2S. The summed E-state index contributed by atoms with van der Waals surface area (Å²) in [5.41, 5.74) is 3.71. The first kappa shape index (κ1) is 21.2. The van der Waals surface area contributed by atoms with E-state index in [2.05, 4.69) is 22.3 Å². The molecule has 0 saturated heterocycles. The van der Waals surface area contributed by atoms with Gasteiger partial charge in [0.2, 0.25) is 0 Å². The maximum Gasteiger partial charge on any atom is 0.261 e. The van der Waals surface area contributed by atoms with Crippen molar-refractivity contribution in [3.63, 3.8) is 0 Å². The van der Waals surface area contributed by atoms with Gasteiger partial charge in [-0.05, 0) is 60.2 Å². The quantitative estimate of drug-likeness (QED) is 0.568. The molecule has 162 valence electrons. The highest BCUT2D eigenvalue weighted by Crippen LogP contribution is 2.30. The van der Waals surface area contributed by atoms with Crippen molar-refractivity contribution in [1.82, 2.24) is 5.32 Å². The van der Waals surface area contributed by atoms with Crippen LogP contribution in [0.4, 0.5) is 11.4 Å². The molecule has 0 bridgehead atoms. The van der Waals surface area contributed by atoms with E-state index in [0.29, 0.717) is 23.0 Å². The summed E-state index contributed by atoms with van der Waals surface area (Å²) < 4.78 is 28.8. The molecule has 1 fully saturated rings. The van der Waals surface area contributed by atoms with Crippen molar-refractivity contribution in [2.45, 2.75) is 56.9 Å². The van der Waals surface area contributed by atoms with Crippen molar-refractivity contribution in [2.24, 2.45) is 11.8 Å². The topological polar surface area (TPSA) is 70.2 Å². The van der Waals surface area contributed by atoms with Crippen LogP contribution in [0.1, 0.15) is 50.2 Å². The number of hydrogen-bond acceptors (Lipinski definition) is 4. The Morgan fingerprint density at radius 2 is 1.90 bits per heavy atom. The van der Waals surface area contributed by atoms with Gasteiger partial charge >= 0.3 is 0 Å². The number of hydrogen-bond donors (Lipinski definition) is 3. The smallest absolute Gasteiger partial charge is 0.261 e. The largest absolute Gasteiger partial charge is 0.384 e. The number of para-hydroxylation sites is 1. The number of rotatable bonds is 8. The molecule has 0 amide bonds. The first-order valence-electron chi connectivity index (χ1n) is 11.2. The zero-order valence-electron chi connectivity index (χ0n) is 17.8. The molecule has 1 unspecified atom stereocenters. The van der Waals surface area contributed by atoms with Crippen molar-refractivity contribution >= 4 is 21.4 Å². The van der Waals surface area contributed by atoms with Crippen molar-refractivity contribution in [3.05, 3.63) is 53.6 Å². The van der Waals surface area contributed by atoms with Gasteiger partial charge in [-0.25, -0.2) is 8.42 Å².